The van der Waals surface area contributed by atoms with E-state index < -0.39 is 11.2 Å². The van der Waals surface area contributed by atoms with Gasteiger partial charge in [0.2, 0.25) is 0 Å². The monoisotopic (exact) mass is 272 g/mol. The molecule has 2 heterocycles. The highest BCUT2D eigenvalue weighted by Crippen LogP contribution is 2.13. The average molecular weight is 272 g/mol. The van der Waals surface area contributed by atoms with Gasteiger partial charge in [0.1, 0.15) is 11.4 Å². The molecule has 0 aliphatic rings. The number of methoxy groups -OCH3 is 1. The maximum absolute atomic E-state index is 11.6. The number of aromatic nitrogens is 4. The van der Waals surface area contributed by atoms with Crippen molar-refractivity contribution in [2.45, 2.75) is 6.54 Å². The number of fused-ring (bicyclic) bond motifs is 1. The fourth-order valence-electron chi connectivity index (χ4n) is 2.03. The third kappa shape index (κ3) is 2.09. The Bertz CT molecular complexity index is 858. The van der Waals surface area contributed by atoms with Crippen molar-refractivity contribution in [3.8, 4) is 5.75 Å². The summed E-state index contributed by atoms with van der Waals surface area (Å²) in [5.41, 5.74) is 0.607. The van der Waals surface area contributed by atoms with E-state index in [0.29, 0.717) is 12.2 Å². The van der Waals surface area contributed by atoms with Crippen molar-refractivity contribution in [1.29, 1.82) is 0 Å². The number of H-pyrrole nitrogens is 2. The van der Waals surface area contributed by atoms with Crippen LogP contribution in [0.5, 0.6) is 5.75 Å². The number of imidazole rings is 1. The molecule has 3 aromatic rings. The van der Waals surface area contributed by atoms with Gasteiger partial charge in [-0.1, -0.05) is 12.1 Å². The summed E-state index contributed by atoms with van der Waals surface area (Å²) in [6, 6.07) is 7.53. The minimum Gasteiger partial charge on any atom is -0.497 e. The van der Waals surface area contributed by atoms with Crippen LogP contribution in [-0.2, 0) is 6.54 Å². The molecular weight excluding hydrogens is 260 g/mol. The van der Waals surface area contributed by atoms with Crippen LogP contribution in [-0.4, -0.2) is 26.6 Å². The third-order valence-electron chi connectivity index (χ3n) is 3.02. The second-order valence-corrected chi connectivity index (χ2v) is 4.33. The first kappa shape index (κ1) is 12.2. The largest absolute Gasteiger partial charge is 0.497 e. The van der Waals surface area contributed by atoms with Gasteiger partial charge in [0.25, 0.3) is 5.56 Å². The maximum atomic E-state index is 11.6. The fourth-order valence-corrected chi connectivity index (χ4v) is 2.03. The van der Waals surface area contributed by atoms with Crippen LogP contribution in [0.4, 0.5) is 0 Å². The Labute approximate surface area is 112 Å². The van der Waals surface area contributed by atoms with E-state index in [2.05, 4.69) is 15.0 Å². The van der Waals surface area contributed by atoms with Gasteiger partial charge >= 0.3 is 5.69 Å². The molecular formula is C13H12N4O3. The summed E-state index contributed by atoms with van der Waals surface area (Å²) in [6.45, 7) is 0.500. The van der Waals surface area contributed by atoms with Crippen LogP contribution in [0.1, 0.15) is 5.56 Å². The van der Waals surface area contributed by atoms with E-state index in [9.17, 15) is 9.59 Å². The Hall–Kier alpha value is -2.83. The predicted octanol–water partition coefficient (Wildman–Crippen LogP) is 0.470. The van der Waals surface area contributed by atoms with Gasteiger partial charge in [0.15, 0.2) is 5.52 Å². The number of hydrogen-bond acceptors (Lipinski definition) is 4. The molecule has 2 N–H and O–H groups in total. The molecule has 7 nitrogen and oxygen atoms in total. The summed E-state index contributed by atoms with van der Waals surface area (Å²) in [6.07, 6.45) is 1.53. The van der Waals surface area contributed by atoms with Crippen molar-refractivity contribution in [1.82, 2.24) is 19.5 Å². The lowest BCUT2D eigenvalue weighted by molar-refractivity contribution is 0.414. The number of nitrogens with zero attached hydrogens (tertiary/aromatic N) is 2. The van der Waals surface area contributed by atoms with Crippen LogP contribution in [0.2, 0.25) is 0 Å². The Morgan fingerprint density at radius 3 is 2.65 bits per heavy atom. The summed E-state index contributed by atoms with van der Waals surface area (Å²) in [4.78, 5) is 31.6. The third-order valence-corrected chi connectivity index (χ3v) is 3.02. The van der Waals surface area contributed by atoms with Crippen LogP contribution < -0.4 is 16.0 Å². The molecule has 0 aliphatic carbocycles. The molecule has 0 aliphatic heterocycles. The maximum Gasteiger partial charge on any atom is 0.327 e. The van der Waals surface area contributed by atoms with Crippen molar-refractivity contribution in [2.24, 2.45) is 0 Å². The molecule has 0 saturated heterocycles. The first-order valence-corrected chi connectivity index (χ1v) is 5.98. The van der Waals surface area contributed by atoms with Gasteiger partial charge in [-0.3, -0.25) is 14.8 Å². The Balaban J connectivity index is 2.02. The molecule has 7 heteroatoms. The number of ether oxygens (including phenoxy) is 1. The van der Waals surface area contributed by atoms with E-state index in [1.165, 1.54) is 6.33 Å². The van der Waals surface area contributed by atoms with Crippen LogP contribution in [0, 0.1) is 0 Å². The molecule has 20 heavy (non-hydrogen) atoms. The van der Waals surface area contributed by atoms with Crippen LogP contribution >= 0.6 is 0 Å². The Morgan fingerprint density at radius 1 is 1.20 bits per heavy atom. The molecule has 0 radical (unpaired) electrons. The SMILES string of the molecule is COc1ccc(Cn2cnc3c(=O)[nH]c(=O)[nH]c32)cc1. The van der Waals surface area contributed by atoms with E-state index in [4.69, 9.17) is 4.74 Å². The van der Waals surface area contributed by atoms with Gasteiger partial charge in [0, 0.05) is 0 Å². The highest BCUT2D eigenvalue weighted by molar-refractivity contribution is 5.68. The van der Waals surface area contributed by atoms with E-state index in [0.717, 1.165) is 11.3 Å². The Kier molecular flexibility index (Phi) is 2.86. The lowest BCUT2D eigenvalue weighted by atomic mass is 10.2. The zero-order valence-corrected chi connectivity index (χ0v) is 10.7. The van der Waals surface area contributed by atoms with Crippen molar-refractivity contribution in [3.63, 3.8) is 0 Å². The Morgan fingerprint density at radius 2 is 1.95 bits per heavy atom. The molecule has 102 valence electrons. The predicted molar refractivity (Wildman–Crippen MR) is 73.1 cm³/mol. The average Bonchev–Trinajstić information content (AvgIpc) is 2.83. The van der Waals surface area contributed by atoms with Crippen LogP contribution in [0.25, 0.3) is 11.2 Å². The number of rotatable bonds is 3. The lowest BCUT2D eigenvalue weighted by Crippen LogP contribution is -2.22. The molecule has 3 rings (SSSR count). The zero-order valence-electron chi connectivity index (χ0n) is 10.7. The van der Waals surface area contributed by atoms with Crippen LogP contribution in [0.15, 0.2) is 40.2 Å². The molecule has 0 saturated carbocycles. The highest BCUT2D eigenvalue weighted by Gasteiger charge is 2.08. The second kappa shape index (κ2) is 4.69. The topological polar surface area (TPSA) is 92.8 Å². The second-order valence-electron chi connectivity index (χ2n) is 4.33. The molecule has 1 aromatic carbocycles. The number of hydrogen-bond donors (Lipinski definition) is 2. The fraction of sp³-hybridized carbons (Fsp3) is 0.154. The lowest BCUT2D eigenvalue weighted by Gasteiger charge is -2.05. The zero-order chi connectivity index (χ0) is 14.1. The molecule has 0 amide bonds. The summed E-state index contributed by atoms with van der Waals surface area (Å²) >= 11 is 0. The van der Waals surface area contributed by atoms with E-state index >= 15 is 0 Å². The highest BCUT2D eigenvalue weighted by atomic mass is 16.5. The van der Waals surface area contributed by atoms with Crippen molar-refractivity contribution in [2.75, 3.05) is 7.11 Å². The molecule has 2 aromatic heterocycles. The quantitative estimate of drug-likeness (QED) is 0.724. The van der Waals surface area contributed by atoms with Crippen molar-refractivity contribution >= 4 is 11.2 Å². The standard InChI is InChI=1S/C13H12N4O3/c1-20-9-4-2-8(3-5-9)6-17-7-14-10-11(17)15-13(19)16-12(10)18/h2-5,7H,6H2,1H3,(H2,15,16,18,19). The first-order chi connectivity index (χ1) is 9.67. The van der Waals surface area contributed by atoms with E-state index in [1.807, 2.05) is 24.3 Å². The molecule has 0 bridgehead atoms. The summed E-state index contributed by atoms with van der Waals surface area (Å²) < 4.78 is 6.81. The van der Waals surface area contributed by atoms with Gasteiger partial charge in [-0.15, -0.1) is 0 Å². The number of nitrogens with one attached hydrogen (secondary N) is 2. The van der Waals surface area contributed by atoms with Crippen LogP contribution in [0.3, 0.4) is 0 Å². The van der Waals surface area contributed by atoms with Gasteiger partial charge < -0.3 is 9.30 Å². The minimum absolute atomic E-state index is 0.220. The van der Waals surface area contributed by atoms with Gasteiger partial charge in [-0.05, 0) is 17.7 Å². The number of aromatic amines is 2. The van der Waals surface area contributed by atoms with Gasteiger partial charge in [0.05, 0.1) is 20.0 Å². The molecule has 0 atom stereocenters. The molecule has 0 spiro atoms. The molecule has 0 unspecified atom stereocenters. The number of benzene rings is 1. The first-order valence-electron chi connectivity index (χ1n) is 5.98. The van der Waals surface area contributed by atoms with E-state index in [1.54, 1.807) is 11.7 Å². The van der Waals surface area contributed by atoms with Gasteiger partial charge in [-0.25, -0.2) is 9.78 Å². The van der Waals surface area contributed by atoms with Gasteiger partial charge in [-0.2, -0.15) is 0 Å². The smallest absolute Gasteiger partial charge is 0.327 e. The van der Waals surface area contributed by atoms with Crippen molar-refractivity contribution < 1.29 is 4.74 Å². The minimum atomic E-state index is -0.543. The normalized spacial score (nSPS) is 10.8. The summed E-state index contributed by atoms with van der Waals surface area (Å²) in [5.74, 6) is 0.772. The summed E-state index contributed by atoms with van der Waals surface area (Å²) in [7, 11) is 1.61. The molecule has 0 fully saturated rings. The van der Waals surface area contributed by atoms with Crippen molar-refractivity contribution in [3.05, 3.63) is 57.0 Å². The summed E-state index contributed by atoms with van der Waals surface area (Å²) in [5, 5.41) is 0. The van der Waals surface area contributed by atoms with E-state index in [-0.39, 0.29) is 5.52 Å².